The molecule has 0 bridgehead atoms. The predicted molar refractivity (Wildman–Crippen MR) is 73.9 cm³/mol. The van der Waals surface area contributed by atoms with Crippen LogP contribution in [0.3, 0.4) is 0 Å². The molecule has 0 aliphatic carbocycles. The number of benzene rings is 1. The third-order valence-corrected chi connectivity index (χ3v) is 2.83. The molecule has 0 aliphatic heterocycles. The van der Waals surface area contributed by atoms with E-state index in [1.54, 1.807) is 23.1 Å². The lowest BCUT2D eigenvalue weighted by atomic mass is 10.1. The number of carbonyl (C=O) groups is 1. The van der Waals surface area contributed by atoms with Crippen LogP contribution in [0, 0.1) is 12.8 Å². The Morgan fingerprint density at radius 3 is 2.39 bits per heavy atom. The minimum absolute atomic E-state index is 0.0556. The molecule has 0 spiro atoms. The van der Waals surface area contributed by atoms with Crippen molar-refractivity contribution in [3.05, 3.63) is 29.3 Å². The van der Waals surface area contributed by atoms with Crippen LogP contribution in [0.25, 0.3) is 0 Å². The molecule has 1 aromatic carbocycles. The molecule has 0 aliphatic rings. The Balaban J connectivity index is 3.05. The number of rotatable bonds is 4. The molecule has 0 saturated heterocycles. The second-order valence-corrected chi connectivity index (χ2v) is 5.47. The third kappa shape index (κ3) is 3.49. The lowest BCUT2D eigenvalue weighted by Crippen LogP contribution is -2.39. The van der Waals surface area contributed by atoms with E-state index in [0.29, 0.717) is 18.0 Å². The van der Waals surface area contributed by atoms with Gasteiger partial charge in [-0.1, -0.05) is 25.5 Å². The molecule has 3 heteroatoms. The van der Waals surface area contributed by atoms with E-state index < -0.39 is 0 Å². The lowest BCUT2D eigenvalue weighted by Gasteiger charge is -2.29. The number of carbonyl (C=O) groups excluding carboxylic acids is 1. The molecule has 3 nitrogen and oxygen atoms in total. The highest BCUT2D eigenvalue weighted by molar-refractivity contribution is 5.97. The van der Waals surface area contributed by atoms with Gasteiger partial charge in [-0.05, 0) is 38.8 Å². The van der Waals surface area contributed by atoms with Crippen molar-refractivity contribution in [2.45, 2.75) is 40.7 Å². The topological polar surface area (TPSA) is 40.5 Å². The van der Waals surface area contributed by atoms with Crippen LogP contribution >= 0.6 is 0 Å². The number of aryl methyl sites for hydroxylation is 1. The van der Waals surface area contributed by atoms with Crippen LogP contribution in [0.1, 0.15) is 43.6 Å². The summed E-state index contributed by atoms with van der Waals surface area (Å²) in [5, 5.41) is 9.82. The van der Waals surface area contributed by atoms with Crippen LogP contribution in [0.5, 0.6) is 5.75 Å². The first-order valence-corrected chi connectivity index (χ1v) is 6.43. The fraction of sp³-hybridized carbons (Fsp3) is 0.533. The van der Waals surface area contributed by atoms with Crippen LogP contribution in [0.2, 0.25) is 0 Å². The Hall–Kier alpha value is -1.51. The molecule has 0 fully saturated rings. The summed E-state index contributed by atoms with van der Waals surface area (Å²) in [7, 11) is 0. The Morgan fingerprint density at radius 2 is 1.89 bits per heavy atom. The molecule has 0 unspecified atom stereocenters. The third-order valence-electron chi connectivity index (χ3n) is 2.83. The van der Waals surface area contributed by atoms with E-state index in [9.17, 15) is 9.90 Å². The van der Waals surface area contributed by atoms with Gasteiger partial charge in [-0.25, -0.2) is 0 Å². The monoisotopic (exact) mass is 249 g/mol. The molecule has 0 radical (unpaired) electrons. The highest BCUT2D eigenvalue weighted by Crippen LogP contribution is 2.21. The van der Waals surface area contributed by atoms with Crippen molar-refractivity contribution in [2.75, 3.05) is 6.54 Å². The van der Waals surface area contributed by atoms with Gasteiger partial charge in [-0.2, -0.15) is 0 Å². The van der Waals surface area contributed by atoms with Crippen LogP contribution in [-0.4, -0.2) is 28.5 Å². The second kappa shape index (κ2) is 5.89. The number of amides is 1. The molecule has 1 rings (SSSR count). The molecule has 0 saturated carbocycles. The average Bonchev–Trinajstić information content (AvgIpc) is 2.27. The molecular weight excluding hydrogens is 226 g/mol. The zero-order chi connectivity index (χ0) is 13.9. The maximum Gasteiger partial charge on any atom is 0.257 e. The van der Waals surface area contributed by atoms with Crippen LogP contribution in [0.4, 0.5) is 0 Å². The van der Waals surface area contributed by atoms with Crippen molar-refractivity contribution in [2.24, 2.45) is 5.92 Å². The summed E-state index contributed by atoms with van der Waals surface area (Å²) in [6.45, 7) is 10.8. The standard InChI is InChI=1S/C15H23NO2/c1-10(2)9-16(11(3)4)15(18)13-8-12(5)6-7-14(13)17/h6-8,10-11,17H,9H2,1-5H3. The van der Waals surface area contributed by atoms with Crippen molar-refractivity contribution in [1.82, 2.24) is 4.90 Å². The van der Waals surface area contributed by atoms with Gasteiger partial charge in [-0.15, -0.1) is 0 Å². The van der Waals surface area contributed by atoms with Gasteiger partial charge < -0.3 is 10.0 Å². The maximum absolute atomic E-state index is 12.5. The summed E-state index contributed by atoms with van der Waals surface area (Å²) >= 11 is 0. The van der Waals surface area contributed by atoms with E-state index in [4.69, 9.17) is 0 Å². The quantitative estimate of drug-likeness (QED) is 0.890. The molecule has 0 heterocycles. The first-order chi connectivity index (χ1) is 8.32. The molecule has 1 amide bonds. The van der Waals surface area contributed by atoms with Gasteiger partial charge in [0.05, 0.1) is 5.56 Å². The Labute approximate surface area is 109 Å². The first-order valence-electron chi connectivity index (χ1n) is 6.43. The molecule has 18 heavy (non-hydrogen) atoms. The van der Waals surface area contributed by atoms with Gasteiger partial charge in [-0.3, -0.25) is 4.79 Å². The summed E-state index contributed by atoms with van der Waals surface area (Å²) in [4.78, 5) is 14.3. The summed E-state index contributed by atoms with van der Waals surface area (Å²) in [5.41, 5.74) is 1.37. The van der Waals surface area contributed by atoms with E-state index in [1.165, 1.54) is 0 Å². The van der Waals surface area contributed by atoms with E-state index in [1.807, 2.05) is 20.8 Å². The average molecular weight is 249 g/mol. The van der Waals surface area contributed by atoms with Gasteiger partial charge in [0.2, 0.25) is 0 Å². The van der Waals surface area contributed by atoms with Gasteiger partial charge >= 0.3 is 0 Å². The van der Waals surface area contributed by atoms with Gasteiger partial charge in [0.15, 0.2) is 0 Å². The Bertz CT molecular complexity index is 425. The van der Waals surface area contributed by atoms with Crippen molar-refractivity contribution < 1.29 is 9.90 Å². The lowest BCUT2D eigenvalue weighted by molar-refractivity contribution is 0.0679. The number of aromatic hydroxyl groups is 1. The first kappa shape index (κ1) is 14.6. The Kier molecular flexibility index (Phi) is 4.76. The van der Waals surface area contributed by atoms with Gasteiger partial charge in [0.1, 0.15) is 5.75 Å². The normalized spacial score (nSPS) is 11.1. The summed E-state index contributed by atoms with van der Waals surface area (Å²) in [5.74, 6) is 0.364. The number of phenols is 1. The largest absolute Gasteiger partial charge is 0.507 e. The molecular formula is C15H23NO2. The molecule has 1 N–H and O–H groups in total. The predicted octanol–water partition coefficient (Wildman–Crippen LogP) is 3.21. The highest BCUT2D eigenvalue weighted by atomic mass is 16.3. The fourth-order valence-electron chi connectivity index (χ4n) is 1.90. The highest BCUT2D eigenvalue weighted by Gasteiger charge is 2.22. The van der Waals surface area contributed by atoms with E-state index in [-0.39, 0.29) is 17.7 Å². The van der Waals surface area contributed by atoms with Crippen LogP contribution in [-0.2, 0) is 0 Å². The van der Waals surface area contributed by atoms with Crippen molar-refractivity contribution in [3.63, 3.8) is 0 Å². The van der Waals surface area contributed by atoms with Gasteiger partial charge in [0, 0.05) is 12.6 Å². The summed E-state index contributed by atoms with van der Waals surface area (Å²) in [6.07, 6.45) is 0. The van der Waals surface area contributed by atoms with Crippen molar-refractivity contribution in [1.29, 1.82) is 0 Å². The van der Waals surface area contributed by atoms with Crippen molar-refractivity contribution in [3.8, 4) is 5.75 Å². The van der Waals surface area contributed by atoms with Crippen LogP contribution in [0.15, 0.2) is 18.2 Å². The minimum Gasteiger partial charge on any atom is -0.507 e. The van der Waals surface area contributed by atoms with E-state index in [2.05, 4.69) is 13.8 Å². The Morgan fingerprint density at radius 1 is 1.28 bits per heavy atom. The van der Waals surface area contributed by atoms with E-state index >= 15 is 0 Å². The zero-order valence-corrected chi connectivity index (χ0v) is 11.9. The second-order valence-electron chi connectivity index (χ2n) is 5.47. The van der Waals surface area contributed by atoms with E-state index in [0.717, 1.165) is 5.56 Å². The van der Waals surface area contributed by atoms with Gasteiger partial charge in [0.25, 0.3) is 5.91 Å². The summed E-state index contributed by atoms with van der Waals surface area (Å²) < 4.78 is 0. The molecule has 1 aromatic rings. The zero-order valence-electron chi connectivity index (χ0n) is 11.9. The number of hydrogen-bond donors (Lipinski definition) is 1. The maximum atomic E-state index is 12.5. The molecule has 100 valence electrons. The number of nitrogens with zero attached hydrogens (tertiary/aromatic N) is 1. The minimum atomic E-state index is -0.0973. The fourth-order valence-corrected chi connectivity index (χ4v) is 1.90. The molecule has 0 atom stereocenters. The smallest absolute Gasteiger partial charge is 0.257 e. The van der Waals surface area contributed by atoms with Crippen LogP contribution < -0.4 is 0 Å². The number of phenolic OH excluding ortho intramolecular Hbond substituents is 1. The summed E-state index contributed by atoms with van der Waals surface area (Å²) in [6, 6.07) is 5.25. The molecule has 0 aromatic heterocycles. The number of hydrogen-bond acceptors (Lipinski definition) is 2. The van der Waals surface area contributed by atoms with Crippen molar-refractivity contribution >= 4 is 5.91 Å². The SMILES string of the molecule is Cc1ccc(O)c(C(=O)N(CC(C)C)C(C)C)c1.